The second kappa shape index (κ2) is 14.6. The van der Waals surface area contributed by atoms with Crippen molar-refractivity contribution in [3.05, 3.63) is 131 Å². The number of fused-ring (bicyclic) bond motifs is 3. The molecule has 7 aromatic rings. The van der Waals surface area contributed by atoms with E-state index in [-0.39, 0.29) is 37.3 Å². The fourth-order valence-corrected chi connectivity index (χ4v) is 7.65. The Hall–Kier alpha value is -4.47. The molecule has 4 aromatic carbocycles. The maximum Gasteiger partial charge on any atom is 2.00 e. The fraction of sp³-hybridized carbons (Fsp3) is 0.347. The molecule has 0 saturated heterocycles. The summed E-state index contributed by atoms with van der Waals surface area (Å²) in [6.45, 7) is 29.2. The SMILES string of the molecule is Cc1nn(-c2[c-]c(Oc3[c-]c4c(cc3)c3ccccc3n4-c3cc(C(C)C)ccn3)cc(C(C)(C)C)c2)c(C)c1-c1c(C(C)(C)C)cccc1C(C)(C)C.[Pt+2]. The van der Waals surface area contributed by atoms with Crippen LogP contribution in [0.2, 0.25) is 0 Å². The van der Waals surface area contributed by atoms with E-state index in [0.717, 1.165) is 50.3 Å². The number of aryl methyl sites for hydroxylation is 1. The summed E-state index contributed by atoms with van der Waals surface area (Å²) in [5.74, 6) is 2.49. The van der Waals surface area contributed by atoms with Gasteiger partial charge >= 0.3 is 21.1 Å². The Morgan fingerprint density at radius 2 is 1.35 bits per heavy atom. The van der Waals surface area contributed by atoms with Crippen LogP contribution >= 0.6 is 0 Å². The zero-order chi connectivity index (χ0) is 38.9. The van der Waals surface area contributed by atoms with E-state index in [1.807, 2.05) is 12.3 Å². The van der Waals surface area contributed by atoms with E-state index in [0.29, 0.717) is 17.4 Å². The van der Waals surface area contributed by atoms with E-state index < -0.39 is 0 Å². The fourth-order valence-electron chi connectivity index (χ4n) is 7.65. The predicted molar refractivity (Wildman–Crippen MR) is 225 cm³/mol. The van der Waals surface area contributed by atoms with Gasteiger partial charge in [-0.15, -0.1) is 41.3 Å². The molecule has 0 spiro atoms. The molecule has 6 heteroatoms. The smallest absolute Gasteiger partial charge is 0.509 e. The molecular weight excluding hydrogens is 856 g/mol. The molecule has 0 atom stereocenters. The van der Waals surface area contributed by atoms with E-state index >= 15 is 0 Å². The normalized spacial score (nSPS) is 12.5. The number of hydrogen-bond donors (Lipinski definition) is 0. The summed E-state index contributed by atoms with van der Waals surface area (Å²) in [4.78, 5) is 4.82. The standard InChI is InChI=1S/C49H54N4O.Pt/c1-30(2)33-23-24-50-44(25-33)52-42-20-15-14-17-38(42)39-22-21-36(29-43(39)52)54-37-27-34(47(5,6)7)26-35(28-37)53-32(4)45(31(3)51-53)46-40(48(8,9)10)18-16-19-41(46)49(11,12)13;/h14-27,30H,1-13H3;/q-2;+2. The van der Waals surface area contributed by atoms with Crippen molar-refractivity contribution in [1.29, 1.82) is 0 Å². The quantitative estimate of drug-likeness (QED) is 0.156. The minimum absolute atomic E-state index is 0. The van der Waals surface area contributed by atoms with Gasteiger partial charge in [0.2, 0.25) is 0 Å². The molecule has 3 aromatic heterocycles. The summed E-state index contributed by atoms with van der Waals surface area (Å²) in [6.07, 6.45) is 1.90. The average molecular weight is 910 g/mol. The molecule has 0 radical (unpaired) electrons. The number of ether oxygens (including phenoxy) is 1. The molecule has 0 aliphatic carbocycles. The van der Waals surface area contributed by atoms with Gasteiger partial charge in [-0.1, -0.05) is 118 Å². The van der Waals surface area contributed by atoms with Gasteiger partial charge in [-0.25, -0.2) is 4.98 Å². The van der Waals surface area contributed by atoms with Crippen LogP contribution in [-0.2, 0) is 37.3 Å². The van der Waals surface area contributed by atoms with Gasteiger partial charge in [0, 0.05) is 34.5 Å². The number of nitrogens with zero attached hydrogens (tertiary/aromatic N) is 4. The molecule has 5 nitrogen and oxygen atoms in total. The average Bonchev–Trinajstić information content (AvgIpc) is 3.59. The third-order valence-electron chi connectivity index (χ3n) is 10.6. The van der Waals surface area contributed by atoms with Gasteiger partial charge in [0.05, 0.1) is 5.69 Å². The van der Waals surface area contributed by atoms with Gasteiger partial charge in [0.1, 0.15) is 5.82 Å². The number of pyridine rings is 1. The molecular formula is C49H54N4OPt. The van der Waals surface area contributed by atoms with Crippen molar-refractivity contribution in [2.45, 2.75) is 112 Å². The second-order valence-electron chi connectivity index (χ2n) is 18.2. The molecule has 286 valence electrons. The third-order valence-corrected chi connectivity index (χ3v) is 10.6. The van der Waals surface area contributed by atoms with E-state index in [2.05, 4.69) is 184 Å². The first kappa shape index (κ1) is 40.2. The summed E-state index contributed by atoms with van der Waals surface area (Å²) in [6, 6.07) is 35.2. The molecule has 55 heavy (non-hydrogen) atoms. The van der Waals surface area contributed by atoms with E-state index in [4.69, 9.17) is 14.8 Å². The predicted octanol–water partition coefficient (Wildman–Crippen LogP) is 13.1. The van der Waals surface area contributed by atoms with Crippen molar-refractivity contribution in [3.8, 4) is 34.1 Å². The zero-order valence-electron chi connectivity index (χ0n) is 34.7. The maximum absolute atomic E-state index is 6.74. The largest absolute Gasteiger partial charge is 2.00 e. The topological polar surface area (TPSA) is 44.9 Å². The van der Waals surface area contributed by atoms with Crippen LogP contribution in [0.3, 0.4) is 0 Å². The molecule has 7 rings (SSSR count). The summed E-state index contributed by atoms with van der Waals surface area (Å²) in [5.41, 5.74) is 12.2. The Labute approximate surface area is 342 Å². The van der Waals surface area contributed by atoms with Crippen LogP contribution in [0.4, 0.5) is 0 Å². The van der Waals surface area contributed by atoms with Gasteiger partial charge < -0.3 is 9.30 Å². The number of para-hydroxylation sites is 1. The number of aromatic nitrogens is 4. The van der Waals surface area contributed by atoms with Gasteiger partial charge in [0.15, 0.2) is 0 Å². The van der Waals surface area contributed by atoms with Crippen LogP contribution in [0.15, 0.2) is 85.1 Å². The molecule has 0 saturated carbocycles. The first-order chi connectivity index (χ1) is 25.3. The number of rotatable bonds is 6. The number of benzene rings is 4. The maximum atomic E-state index is 6.74. The molecule has 0 N–H and O–H groups in total. The van der Waals surface area contributed by atoms with Gasteiger partial charge in [0.25, 0.3) is 0 Å². The van der Waals surface area contributed by atoms with E-state index in [1.54, 1.807) is 0 Å². The Kier molecular flexibility index (Phi) is 10.6. The van der Waals surface area contributed by atoms with Gasteiger partial charge in [-0.05, 0) is 87.5 Å². The Balaban J connectivity index is 0.00000514. The van der Waals surface area contributed by atoms with Crippen molar-refractivity contribution in [2.75, 3.05) is 0 Å². The third kappa shape index (κ3) is 7.58. The Morgan fingerprint density at radius 3 is 1.98 bits per heavy atom. The monoisotopic (exact) mass is 909 g/mol. The summed E-state index contributed by atoms with van der Waals surface area (Å²) in [5, 5.41) is 7.47. The molecule has 0 bridgehead atoms. The number of hydrogen-bond acceptors (Lipinski definition) is 3. The van der Waals surface area contributed by atoms with Crippen LogP contribution in [0.1, 0.15) is 116 Å². The van der Waals surface area contributed by atoms with Crippen molar-refractivity contribution in [3.63, 3.8) is 0 Å². The summed E-state index contributed by atoms with van der Waals surface area (Å²) < 4.78 is 11.0. The van der Waals surface area contributed by atoms with Gasteiger partial charge in [-0.3, -0.25) is 4.68 Å². The van der Waals surface area contributed by atoms with Crippen LogP contribution in [0.25, 0.3) is 44.4 Å². The molecule has 3 heterocycles. The van der Waals surface area contributed by atoms with Crippen molar-refractivity contribution in [2.24, 2.45) is 0 Å². The van der Waals surface area contributed by atoms with Crippen LogP contribution in [0.5, 0.6) is 11.5 Å². The molecule has 0 aliphatic heterocycles. The molecule has 0 fully saturated rings. The first-order valence-corrected chi connectivity index (χ1v) is 19.2. The minimum atomic E-state index is -0.147. The second-order valence-corrected chi connectivity index (χ2v) is 18.2. The molecule has 0 amide bonds. The summed E-state index contributed by atoms with van der Waals surface area (Å²) in [7, 11) is 0. The molecule has 0 aliphatic rings. The van der Waals surface area contributed by atoms with E-state index in [1.165, 1.54) is 27.8 Å². The van der Waals surface area contributed by atoms with Crippen molar-refractivity contribution < 1.29 is 25.8 Å². The summed E-state index contributed by atoms with van der Waals surface area (Å²) >= 11 is 0. The van der Waals surface area contributed by atoms with Crippen LogP contribution < -0.4 is 4.74 Å². The van der Waals surface area contributed by atoms with Crippen molar-refractivity contribution in [1.82, 2.24) is 19.3 Å². The van der Waals surface area contributed by atoms with Gasteiger partial charge in [-0.2, -0.15) is 11.2 Å². The van der Waals surface area contributed by atoms with E-state index in [9.17, 15) is 0 Å². The van der Waals surface area contributed by atoms with Crippen molar-refractivity contribution >= 4 is 21.8 Å². The molecule has 0 unspecified atom stereocenters. The Morgan fingerprint density at radius 1 is 0.673 bits per heavy atom. The van der Waals surface area contributed by atoms with Crippen LogP contribution in [0, 0.1) is 26.0 Å². The Bertz CT molecular complexity index is 2500. The first-order valence-electron chi connectivity index (χ1n) is 19.2. The minimum Gasteiger partial charge on any atom is -0.509 e. The van der Waals surface area contributed by atoms with Crippen LogP contribution in [-0.4, -0.2) is 19.3 Å². The zero-order valence-corrected chi connectivity index (χ0v) is 36.9.